The Hall–Kier alpha value is -6.38. The predicted molar refractivity (Wildman–Crippen MR) is 223 cm³/mol. The molecule has 0 N–H and O–H groups in total. The lowest BCUT2D eigenvalue weighted by atomic mass is 9.78. The number of fused-ring (bicyclic) bond motifs is 5. The SMILES string of the molecule is CC1(C)C2=C(C=CCC2)c2ccc(N(c3ccc(-c4ccc(-c5ccccc5)cc4)cc3)c3ccc(-c4cccc5c4oc4ccccc45)cc3)cc21. The van der Waals surface area contributed by atoms with Crippen molar-refractivity contribution in [2.24, 2.45) is 0 Å². The summed E-state index contributed by atoms with van der Waals surface area (Å²) in [4.78, 5) is 2.40. The van der Waals surface area contributed by atoms with Crippen LogP contribution in [0.15, 0.2) is 186 Å². The molecule has 0 atom stereocenters. The van der Waals surface area contributed by atoms with Crippen molar-refractivity contribution in [3.8, 4) is 33.4 Å². The summed E-state index contributed by atoms with van der Waals surface area (Å²) < 4.78 is 6.41. The van der Waals surface area contributed by atoms with E-state index in [0.29, 0.717) is 0 Å². The van der Waals surface area contributed by atoms with Gasteiger partial charge in [-0.2, -0.15) is 0 Å². The molecule has 0 bridgehead atoms. The van der Waals surface area contributed by atoms with Crippen molar-refractivity contribution in [3.63, 3.8) is 0 Å². The van der Waals surface area contributed by atoms with E-state index in [1.165, 1.54) is 39.0 Å². The van der Waals surface area contributed by atoms with E-state index in [2.05, 4.69) is 183 Å². The zero-order chi connectivity index (χ0) is 35.5. The summed E-state index contributed by atoms with van der Waals surface area (Å²) in [6.07, 6.45) is 6.91. The summed E-state index contributed by atoms with van der Waals surface area (Å²) in [5.41, 5.74) is 18.1. The predicted octanol–water partition coefficient (Wildman–Crippen LogP) is 14.5. The van der Waals surface area contributed by atoms with Gasteiger partial charge in [0.05, 0.1) is 0 Å². The number of nitrogens with zero attached hydrogens (tertiary/aromatic N) is 1. The Balaban J connectivity index is 1.04. The van der Waals surface area contributed by atoms with E-state index in [1.807, 2.05) is 12.1 Å². The van der Waals surface area contributed by atoms with Crippen LogP contribution in [0, 0.1) is 0 Å². The van der Waals surface area contributed by atoms with Gasteiger partial charge in [-0.1, -0.05) is 153 Å². The molecule has 7 aromatic carbocycles. The second-order valence-electron chi connectivity index (χ2n) is 14.8. The molecule has 0 amide bonds. The highest BCUT2D eigenvalue weighted by molar-refractivity contribution is 6.09. The molecule has 10 rings (SSSR count). The molecule has 2 aliphatic rings. The van der Waals surface area contributed by atoms with Crippen LogP contribution in [-0.2, 0) is 5.41 Å². The first-order valence-corrected chi connectivity index (χ1v) is 18.6. The maximum absolute atomic E-state index is 6.41. The van der Waals surface area contributed by atoms with Crippen molar-refractivity contribution in [1.29, 1.82) is 0 Å². The maximum Gasteiger partial charge on any atom is 0.143 e. The van der Waals surface area contributed by atoms with Crippen LogP contribution < -0.4 is 4.90 Å². The van der Waals surface area contributed by atoms with Gasteiger partial charge in [0.2, 0.25) is 0 Å². The normalized spacial score (nSPS) is 14.5. The molecular weight excluding hydrogens is 643 g/mol. The van der Waals surface area contributed by atoms with Crippen molar-refractivity contribution >= 4 is 44.6 Å². The number of rotatable bonds is 6. The summed E-state index contributed by atoms with van der Waals surface area (Å²) in [6.45, 7) is 4.79. The third-order valence-corrected chi connectivity index (χ3v) is 11.4. The molecule has 0 radical (unpaired) electrons. The van der Waals surface area contributed by atoms with E-state index in [4.69, 9.17) is 4.42 Å². The molecule has 1 aromatic heterocycles. The third kappa shape index (κ3) is 5.25. The lowest BCUT2D eigenvalue weighted by molar-refractivity contribution is 0.607. The third-order valence-electron chi connectivity index (χ3n) is 11.4. The van der Waals surface area contributed by atoms with Crippen LogP contribution in [0.5, 0.6) is 0 Å². The fourth-order valence-electron chi connectivity index (χ4n) is 8.65. The molecule has 0 fully saturated rings. The monoisotopic (exact) mass is 681 g/mol. The molecule has 1 heterocycles. The molecule has 0 saturated heterocycles. The van der Waals surface area contributed by atoms with Crippen molar-refractivity contribution in [2.75, 3.05) is 4.90 Å². The molecule has 53 heavy (non-hydrogen) atoms. The summed E-state index contributed by atoms with van der Waals surface area (Å²) >= 11 is 0. The van der Waals surface area contributed by atoms with Gasteiger partial charge in [-0.3, -0.25) is 0 Å². The molecular formula is C51H39NO. The molecule has 2 nitrogen and oxygen atoms in total. The minimum Gasteiger partial charge on any atom is -0.455 e. The Morgan fingerprint density at radius 1 is 0.509 bits per heavy atom. The van der Waals surface area contributed by atoms with Gasteiger partial charge in [0.15, 0.2) is 0 Å². The van der Waals surface area contributed by atoms with E-state index in [0.717, 1.165) is 63.0 Å². The number of anilines is 3. The zero-order valence-corrected chi connectivity index (χ0v) is 30.0. The molecule has 0 spiro atoms. The van der Waals surface area contributed by atoms with E-state index in [-0.39, 0.29) is 5.41 Å². The maximum atomic E-state index is 6.41. The minimum atomic E-state index is -0.0119. The van der Waals surface area contributed by atoms with Crippen LogP contribution in [0.1, 0.15) is 37.8 Å². The average molecular weight is 682 g/mol. The molecule has 254 valence electrons. The van der Waals surface area contributed by atoms with Gasteiger partial charge >= 0.3 is 0 Å². The first kappa shape index (κ1) is 31.4. The zero-order valence-electron chi connectivity index (χ0n) is 30.0. The van der Waals surface area contributed by atoms with Gasteiger partial charge < -0.3 is 9.32 Å². The van der Waals surface area contributed by atoms with Gasteiger partial charge in [0.1, 0.15) is 11.2 Å². The summed E-state index contributed by atoms with van der Waals surface area (Å²) in [5, 5.41) is 2.29. The Morgan fingerprint density at radius 2 is 1.09 bits per heavy atom. The van der Waals surface area contributed by atoms with E-state index in [1.54, 1.807) is 5.57 Å². The van der Waals surface area contributed by atoms with Crippen LogP contribution in [-0.4, -0.2) is 0 Å². The number of hydrogen-bond acceptors (Lipinski definition) is 2. The first-order valence-electron chi connectivity index (χ1n) is 18.6. The number of furan rings is 1. The number of allylic oxidation sites excluding steroid dienone is 4. The second kappa shape index (κ2) is 12.4. The van der Waals surface area contributed by atoms with Crippen LogP contribution in [0.4, 0.5) is 17.1 Å². The highest BCUT2D eigenvalue weighted by atomic mass is 16.3. The largest absolute Gasteiger partial charge is 0.455 e. The van der Waals surface area contributed by atoms with Crippen molar-refractivity contribution in [3.05, 3.63) is 193 Å². The Morgan fingerprint density at radius 3 is 1.81 bits per heavy atom. The summed E-state index contributed by atoms with van der Waals surface area (Å²) in [6, 6.07) is 59.2. The molecule has 0 unspecified atom stereocenters. The fourth-order valence-corrected chi connectivity index (χ4v) is 8.65. The van der Waals surface area contributed by atoms with Crippen LogP contribution in [0.2, 0.25) is 0 Å². The molecule has 2 heteroatoms. The van der Waals surface area contributed by atoms with Gasteiger partial charge in [-0.15, -0.1) is 0 Å². The standard InChI is InChI=1S/C51H39NO/c1-51(2)47-17-8-6-13-43(47)44-32-31-41(33-48(44)51)52(39-27-23-37(24-28-39)36-21-19-35(20-22-36)34-11-4-3-5-12-34)40-29-25-38(26-30-40)42-15-10-16-46-45-14-7-9-18-49(45)53-50(42)46/h3-7,9-16,18-33H,8,17H2,1-2H3. The topological polar surface area (TPSA) is 16.4 Å². The highest BCUT2D eigenvalue weighted by Gasteiger charge is 2.37. The van der Waals surface area contributed by atoms with E-state index >= 15 is 0 Å². The van der Waals surface area contributed by atoms with Gasteiger partial charge in [0.25, 0.3) is 0 Å². The van der Waals surface area contributed by atoms with Crippen molar-refractivity contribution < 1.29 is 4.42 Å². The number of para-hydroxylation sites is 2. The molecule has 8 aromatic rings. The fraction of sp³-hybridized carbons (Fsp3) is 0.0980. The minimum absolute atomic E-state index is 0.0119. The smallest absolute Gasteiger partial charge is 0.143 e. The van der Waals surface area contributed by atoms with Gasteiger partial charge in [0, 0.05) is 38.8 Å². The van der Waals surface area contributed by atoms with Crippen LogP contribution in [0.25, 0.3) is 60.9 Å². The lowest BCUT2D eigenvalue weighted by Crippen LogP contribution is -2.18. The lowest BCUT2D eigenvalue weighted by Gasteiger charge is -2.29. The summed E-state index contributed by atoms with van der Waals surface area (Å²) in [5.74, 6) is 0. The average Bonchev–Trinajstić information content (AvgIpc) is 3.71. The van der Waals surface area contributed by atoms with Gasteiger partial charge in [-0.25, -0.2) is 0 Å². The highest BCUT2D eigenvalue weighted by Crippen LogP contribution is 2.52. The molecule has 0 saturated carbocycles. The van der Waals surface area contributed by atoms with Crippen LogP contribution >= 0.6 is 0 Å². The second-order valence-corrected chi connectivity index (χ2v) is 14.8. The Labute approximate surface area is 311 Å². The van der Waals surface area contributed by atoms with Crippen molar-refractivity contribution in [2.45, 2.75) is 32.1 Å². The van der Waals surface area contributed by atoms with Crippen molar-refractivity contribution in [1.82, 2.24) is 0 Å². The summed E-state index contributed by atoms with van der Waals surface area (Å²) in [7, 11) is 0. The van der Waals surface area contributed by atoms with E-state index in [9.17, 15) is 0 Å². The quantitative estimate of drug-likeness (QED) is 0.174. The first-order chi connectivity index (χ1) is 26.0. The van der Waals surface area contributed by atoms with Crippen LogP contribution in [0.3, 0.4) is 0 Å². The van der Waals surface area contributed by atoms with Gasteiger partial charge in [-0.05, 0) is 99.8 Å². The molecule has 0 aliphatic heterocycles. The Bertz CT molecular complexity index is 2710. The van der Waals surface area contributed by atoms with E-state index < -0.39 is 0 Å². The number of hydrogen-bond donors (Lipinski definition) is 0. The molecule has 2 aliphatic carbocycles. The Kier molecular flexibility index (Phi) is 7.33. The number of benzene rings is 7.